The first-order valence-corrected chi connectivity index (χ1v) is 9.90. The Bertz CT molecular complexity index is 835. The molecular formula is C18H20ClN3O2S. The molecule has 0 radical (unpaired) electrons. The van der Waals surface area contributed by atoms with E-state index < -0.39 is 0 Å². The van der Waals surface area contributed by atoms with Gasteiger partial charge in [0.15, 0.2) is 0 Å². The van der Waals surface area contributed by atoms with E-state index in [1.165, 1.54) is 11.3 Å². The number of likely N-dealkylation sites (tertiary alicyclic amines) is 1. The number of halogens is 1. The van der Waals surface area contributed by atoms with Crippen LogP contribution in [0.3, 0.4) is 0 Å². The van der Waals surface area contributed by atoms with Gasteiger partial charge in [0.2, 0.25) is 0 Å². The number of aromatic nitrogens is 2. The second-order valence-corrected chi connectivity index (χ2v) is 8.63. The topological polar surface area (TPSA) is 55.2 Å². The van der Waals surface area contributed by atoms with Crippen molar-refractivity contribution in [1.82, 2.24) is 14.5 Å². The largest absolute Gasteiger partial charge is 0.338 e. The molecule has 0 aromatic carbocycles. The first-order chi connectivity index (χ1) is 12.1. The number of carbonyl (C=O) groups excluding carboxylic acids is 1. The molecule has 2 aromatic heterocycles. The number of amides is 1. The molecule has 132 valence electrons. The maximum atomic E-state index is 12.5. The summed E-state index contributed by atoms with van der Waals surface area (Å²) >= 11 is 7.24. The predicted octanol–water partition coefficient (Wildman–Crippen LogP) is 3.39. The average Bonchev–Trinajstić information content (AvgIpc) is 3.38. The molecule has 1 amide bonds. The Kier molecular flexibility index (Phi) is 4.65. The molecular weight excluding hydrogens is 358 g/mol. The molecule has 1 aliphatic heterocycles. The maximum absolute atomic E-state index is 12.5. The van der Waals surface area contributed by atoms with Gasteiger partial charge in [-0.1, -0.05) is 11.6 Å². The summed E-state index contributed by atoms with van der Waals surface area (Å²) in [4.78, 5) is 31.7. The van der Waals surface area contributed by atoms with Gasteiger partial charge in [-0.2, -0.15) is 0 Å². The van der Waals surface area contributed by atoms with Gasteiger partial charge in [0.1, 0.15) is 0 Å². The standard InChI is InChI=1S/C18H20ClN3O2S/c19-16-4-3-15(25-16)18(24)21-7-5-12(6-8-21)10-22-11-20-14(9-17(22)23)13-1-2-13/h3-4,9,11-13H,1-2,5-8,10H2. The summed E-state index contributed by atoms with van der Waals surface area (Å²) < 4.78 is 2.35. The van der Waals surface area contributed by atoms with Gasteiger partial charge in [0.05, 0.1) is 21.2 Å². The molecule has 5 nitrogen and oxygen atoms in total. The Morgan fingerprint density at radius 3 is 2.60 bits per heavy atom. The highest BCUT2D eigenvalue weighted by molar-refractivity contribution is 7.17. The number of thiophene rings is 1. The van der Waals surface area contributed by atoms with Gasteiger partial charge < -0.3 is 4.90 Å². The molecule has 25 heavy (non-hydrogen) atoms. The normalized spacial score (nSPS) is 18.5. The summed E-state index contributed by atoms with van der Waals surface area (Å²) in [6.45, 7) is 2.13. The molecule has 0 bridgehead atoms. The fraction of sp³-hybridized carbons (Fsp3) is 0.500. The fourth-order valence-electron chi connectivity index (χ4n) is 3.36. The second-order valence-electron chi connectivity index (χ2n) is 6.92. The van der Waals surface area contributed by atoms with E-state index in [1.807, 2.05) is 4.90 Å². The van der Waals surface area contributed by atoms with E-state index in [2.05, 4.69) is 4.98 Å². The number of hydrogen-bond acceptors (Lipinski definition) is 4. The second kappa shape index (κ2) is 6.92. The van der Waals surface area contributed by atoms with Crippen LogP contribution in [0.2, 0.25) is 4.34 Å². The number of piperidine rings is 1. The molecule has 1 saturated carbocycles. The third-order valence-corrected chi connectivity index (χ3v) is 6.26. The Labute approximate surface area is 155 Å². The summed E-state index contributed by atoms with van der Waals surface area (Å²) in [5.74, 6) is 0.965. The molecule has 0 N–H and O–H groups in total. The van der Waals surface area contributed by atoms with Crippen LogP contribution in [0.25, 0.3) is 0 Å². The van der Waals surface area contributed by atoms with Crippen molar-refractivity contribution in [1.29, 1.82) is 0 Å². The van der Waals surface area contributed by atoms with Crippen molar-refractivity contribution in [2.24, 2.45) is 5.92 Å². The molecule has 3 heterocycles. The van der Waals surface area contributed by atoms with E-state index in [9.17, 15) is 9.59 Å². The highest BCUT2D eigenvalue weighted by Gasteiger charge is 2.27. The van der Waals surface area contributed by atoms with Crippen molar-refractivity contribution < 1.29 is 4.79 Å². The molecule has 2 aliphatic rings. The van der Waals surface area contributed by atoms with Crippen LogP contribution in [-0.2, 0) is 6.54 Å². The lowest BCUT2D eigenvalue weighted by Crippen LogP contribution is -2.39. The van der Waals surface area contributed by atoms with Crippen molar-refractivity contribution in [2.75, 3.05) is 13.1 Å². The summed E-state index contributed by atoms with van der Waals surface area (Å²) in [6.07, 6.45) is 5.81. The summed E-state index contributed by atoms with van der Waals surface area (Å²) in [5.41, 5.74) is 0.986. The Morgan fingerprint density at radius 2 is 2.00 bits per heavy atom. The van der Waals surface area contributed by atoms with E-state index >= 15 is 0 Å². The molecule has 0 spiro atoms. The van der Waals surface area contributed by atoms with Crippen molar-refractivity contribution in [3.63, 3.8) is 0 Å². The summed E-state index contributed by atoms with van der Waals surface area (Å²) in [5, 5.41) is 0. The van der Waals surface area contributed by atoms with Gasteiger partial charge in [-0.15, -0.1) is 11.3 Å². The van der Waals surface area contributed by atoms with Crippen molar-refractivity contribution in [3.05, 3.63) is 49.8 Å². The van der Waals surface area contributed by atoms with Crippen LogP contribution in [0.15, 0.2) is 29.3 Å². The lowest BCUT2D eigenvalue weighted by Gasteiger charge is -2.32. The molecule has 1 aliphatic carbocycles. The van der Waals surface area contributed by atoms with Crippen molar-refractivity contribution in [2.45, 2.75) is 38.1 Å². The van der Waals surface area contributed by atoms with E-state index in [0.717, 1.165) is 44.5 Å². The fourth-order valence-corrected chi connectivity index (χ4v) is 4.37. The minimum atomic E-state index is 0.0450. The first-order valence-electron chi connectivity index (χ1n) is 8.71. The number of nitrogens with zero attached hydrogens (tertiary/aromatic N) is 3. The molecule has 7 heteroatoms. The molecule has 4 rings (SSSR count). The first kappa shape index (κ1) is 16.8. The molecule has 0 unspecified atom stereocenters. The van der Waals surface area contributed by atoms with E-state index in [0.29, 0.717) is 27.6 Å². The van der Waals surface area contributed by atoms with Gasteiger partial charge in [0, 0.05) is 31.6 Å². The van der Waals surface area contributed by atoms with Crippen molar-refractivity contribution >= 4 is 28.8 Å². The third kappa shape index (κ3) is 3.80. The van der Waals surface area contributed by atoms with E-state index in [-0.39, 0.29) is 11.5 Å². The monoisotopic (exact) mass is 377 g/mol. The lowest BCUT2D eigenvalue weighted by molar-refractivity contribution is 0.0687. The van der Waals surface area contributed by atoms with Crippen LogP contribution in [0.1, 0.15) is 47.0 Å². The van der Waals surface area contributed by atoms with Gasteiger partial charge in [-0.05, 0) is 43.7 Å². The molecule has 0 atom stereocenters. The predicted molar refractivity (Wildman–Crippen MR) is 98.4 cm³/mol. The molecule has 1 saturated heterocycles. The minimum Gasteiger partial charge on any atom is -0.338 e. The van der Waals surface area contributed by atoms with Crippen LogP contribution in [0.4, 0.5) is 0 Å². The van der Waals surface area contributed by atoms with E-state index in [1.54, 1.807) is 29.1 Å². The SMILES string of the molecule is O=C(c1ccc(Cl)s1)N1CCC(Cn2cnc(C3CC3)cc2=O)CC1. The highest BCUT2D eigenvalue weighted by Crippen LogP contribution is 2.38. The number of hydrogen-bond donors (Lipinski definition) is 0. The lowest BCUT2D eigenvalue weighted by atomic mass is 9.96. The average molecular weight is 378 g/mol. The zero-order chi connectivity index (χ0) is 17.4. The third-order valence-electron chi connectivity index (χ3n) is 5.04. The summed E-state index contributed by atoms with van der Waals surface area (Å²) in [6, 6.07) is 5.24. The van der Waals surface area contributed by atoms with Gasteiger partial charge >= 0.3 is 0 Å². The van der Waals surface area contributed by atoms with Gasteiger partial charge in [-0.3, -0.25) is 14.2 Å². The van der Waals surface area contributed by atoms with Gasteiger partial charge in [0.25, 0.3) is 11.5 Å². The maximum Gasteiger partial charge on any atom is 0.263 e. The quantitative estimate of drug-likeness (QED) is 0.820. The minimum absolute atomic E-state index is 0.0450. The summed E-state index contributed by atoms with van der Waals surface area (Å²) in [7, 11) is 0. The number of carbonyl (C=O) groups is 1. The Morgan fingerprint density at radius 1 is 1.24 bits per heavy atom. The van der Waals surface area contributed by atoms with Crippen LogP contribution in [-0.4, -0.2) is 33.4 Å². The zero-order valence-corrected chi connectivity index (χ0v) is 15.4. The van der Waals surface area contributed by atoms with Crippen LogP contribution in [0.5, 0.6) is 0 Å². The van der Waals surface area contributed by atoms with Crippen LogP contribution >= 0.6 is 22.9 Å². The van der Waals surface area contributed by atoms with Crippen molar-refractivity contribution in [3.8, 4) is 0 Å². The zero-order valence-electron chi connectivity index (χ0n) is 13.9. The molecule has 2 fully saturated rings. The van der Waals surface area contributed by atoms with E-state index in [4.69, 9.17) is 11.6 Å². The van der Waals surface area contributed by atoms with Crippen LogP contribution < -0.4 is 5.56 Å². The van der Waals surface area contributed by atoms with Crippen LogP contribution in [0, 0.1) is 5.92 Å². The number of rotatable bonds is 4. The highest BCUT2D eigenvalue weighted by atomic mass is 35.5. The Balaban J connectivity index is 1.34. The van der Waals surface area contributed by atoms with Gasteiger partial charge in [-0.25, -0.2) is 4.98 Å². The molecule has 2 aromatic rings. The smallest absolute Gasteiger partial charge is 0.263 e. The Hall–Kier alpha value is -1.66.